The lowest BCUT2D eigenvalue weighted by atomic mass is 9.94. The molecule has 0 bridgehead atoms. The maximum Gasteiger partial charge on any atom is 0.265 e. The molecule has 0 aromatic carbocycles. The fraction of sp³-hybridized carbons (Fsp3) is 0.455. The van der Waals surface area contributed by atoms with E-state index in [1.54, 1.807) is 6.08 Å². The summed E-state index contributed by atoms with van der Waals surface area (Å²) in [6.07, 6.45) is 2.37. The van der Waals surface area contributed by atoms with Crippen molar-refractivity contribution in [1.29, 1.82) is 5.26 Å². The third-order valence-corrected chi connectivity index (χ3v) is 1.95. The number of hydrogen-bond acceptors (Lipinski definition) is 2. The molecule has 0 N–H and O–H groups in total. The smallest absolute Gasteiger partial charge is 0.265 e. The van der Waals surface area contributed by atoms with Crippen LogP contribution in [0.4, 0.5) is 0 Å². The summed E-state index contributed by atoms with van der Waals surface area (Å²) in [5.41, 5.74) is 0.623. The summed E-state index contributed by atoms with van der Waals surface area (Å²) in [4.78, 5) is 3.20. The van der Waals surface area contributed by atoms with Gasteiger partial charge in [0.25, 0.3) is 5.70 Å². The minimum atomic E-state index is -0.318. The van der Waals surface area contributed by atoms with E-state index in [4.69, 9.17) is 16.6 Å². The summed E-state index contributed by atoms with van der Waals surface area (Å²) in [7, 11) is 0. The average molecular weight is 188 g/mol. The second-order valence-corrected chi connectivity index (χ2v) is 3.89. The molecule has 1 aliphatic rings. The van der Waals surface area contributed by atoms with Crippen molar-refractivity contribution in [1.82, 2.24) is 0 Å². The van der Waals surface area contributed by atoms with Crippen molar-refractivity contribution in [2.45, 2.75) is 32.8 Å². The average Bonchev–Trinajstić information content (AvgIpc) is 2.02. The van der Waals surface area contributed by atoms with Gasteiger partial charge in [-0.1, -0.05) is 0 Å². The van der Waals surface area contributed by atoms with Crippen LogP contribution < -0.4 is 0 Å². The van der Waals surface area contributed by atoms with E-state index in [1.807, 2.05) is 26.8 Å². The highest BCUT2D eigenvalue weighted by molar-refractivity contribution is 5.41. The Kier molecular flexibility index (Phi) is 2.63. The summed E-state index contributed by atoms with van der Waals surface area (Å²) >= 11 is 0. The van der Waals surface area contributed by atoms with Gasteiger partial charge in [0.05, 0.1) is 18.4 Å². The number of allylic oxidation sites excluding steroid dienone is 3. The topological polar surface area (TPSA) is 37.4 Å². The first-order chi connectivity index (χ1) is 6.48. The summed E-state index contributed by atoms with van der Waals surface area (Å²) < 4.78 is 5.56. The van der Waals surface area contributed by atoms with E-state index in [0.717, 1.165) is 11.3 Å². The Morgan fingerprint density at radius 3 is 2.79 bits per heavy atom. The molecule has 0 aromatic rings. The van der Waals surface area contributed by atoms with Crippen LogP contribution in [0.25, 0.3) is 4.85 Å². The van der Waals surface area contributed by atoms with Crippen molar-refractivity contribution in [3.63, 3.8) is 0 Å². The molecular formula is C11H12N2O. The summed E-state index contributed by atoms with van der Waals surface area (Å²) in [5, 5.41) is 8.74. The van der Waals surface area contributed by atoms with Gasteiger partial charge in [0.15, 0.2) is 0 Å². The Labute approximate surface area is 84.1 Å². The molecule has 1 heterocycles. The minimum absolute atomic E-state index is 0.167. The molecule has 0 radical (unpaired) electrons. The van der Waals surface area contributed by atoms with Gasteiger partial charge >= 0.3 is 0 Å². The predicted molar refractivity (Wildman–Crippen MR) is 52.8 cm³/mol. The van der Waals surface area contributed by atoms with Crippen LogP contribution in [-0.4, -0.2) is 5.60 Å². The normalized spacial score (nSPS) is 22.5. The zero-order valence-corrected chi connectivity index (χ0v) is 8.59. The van der Waals surface area contributed by atoms with Gasteiger partial charge < -0.3 is 4.74 Å². The monoisotopic (exact) mass is 188 g/mol. The number of ether oxygens (including phenoxy) is 1. The molecule has 0 aromatic heterocycles. The van der Waals surface area contributed by atoms with E-state index >= 15 is 0 Å². The highest BCUT2D eigenvalue weighted by Crippen LogP contribution is 2.31. The van der Waals surface area contributed by atoms with Crippen LogP contribution in [0.1, 0.15) is 27.2 Å². The Balaban J connectivity index is 3.17. The number of rotatable bonds is 0. The number of nitrogens with zero attached hydrogens (tertiary/aromatic N) is 2. The van der Waals surface area contributed by atoms with E-state index in [2.05, 4.69) is 4.85 Å². The third-order valence-electron chi connectivity index (χ3n) is 1.95. The largest absolute Gasteiger partial charge is 0.492 e. The highest BCUT2D eigenvalue weighted by atomic mass is 16.5. The molecule has 0 saturated carbocycles. The van der Waals surface area contributed by atoms with Crippen LogP contribution in [0.15, 0.2) is 23.1 Å². The molecule has 0 amide bonds. The van der Waals surface area contributed by atoms with Crippen LogP contribution in [0.3, 0.4) is 0 Å². The van der Waals surface area contributed by atoms with Crippen LogP contribution in [-0.2, 0) is 4.74 Å². The standard InChI is InChI=1S/C11H12N2O/c1-8-5-9(10(7-12)13-4)6-11(2,3)14-8/h5H,6H2,1-3H3. The Bertz CT molecular complexity index is 372. The minimum Gasteiger partial charge on any atom is -0.492 e. The third kappa shape index (κ3) is 2.14. The van der Waals surface area contributed by atoms with Crippen molar-refractivity contribution in [2.24, 2.45) is 0 Å². The van der Waals surface area contributed by atoms with Crippen molar-refractivity contribution in [3.05, 3.63) is 34.5 Å². The lowest BCUT2D eigenvalue weighted by molar-refractivity contribution is 0.0292. The number of hydrogen-bond donors (Lipinski definition) is 0. The lowest BCUT2D eigenvalue weighted by Crippen LogP contribution is -2.27. The molecular weight excluding hydrogens is 176 g/mol. The molecule has 72 valence electrons. The van der Waals surface area contributed by atoms with Gasteiger partial charge in [0.1, 0.15) is 5.60 Å². The molecule has 0 unspecified atom stereocenters. The molecule has 0 fully saturated rings. The molecule has 3 nitrogen and oxygen atoms in total. The Morgan fingerprint density at radius 2 is 2.36 bits per heavy atom. The predicted octanol–water partition coefficient (Wildman–Crippen LogP) is 2.79. The fourth-order valence-corrected chi connectivity index (χ4v) is 1.58. The van der Waals surface area contributed by atoms with E-state index in [1.165, 1.54) is 0 Å². The van der Waals surface area contributed by atoms with Crippen LogP contribution >= 0.6 is 0 Å². The van der Waals surface area contributed by atoms with Gasteiger partial charge in [0, 0.05) is 6.42 Å². The quantitative estimate of drug-likeness (QED) is 0.433. The van der Waals surface area contributed by atoms with Crippen LogP contribution in [0.5, 0.6) is 0 Å². The molecule has 1 aliphatic heterocycles. The lowest BCUT2D eigenvalue weighted by Gasteiger charge is -2.31. The zero-order valence-electron chi connectivity index (χ0n) is 8.59. The van der Waals surface area contributed by atoms with E-state index in [0.29, 0.717) is 6.42 Å². The first-order valence-electron chi connectivity index (χ1n) is 4.36. The van der Waals surface area contributed by atoms with Gasteiger partial charge in [-0.05, 0) is 32.4 Å². The summed E-state index contributed by atoms with van der Waals surface area (Å²) in [5.74, 6) is 0.757. The molecule has 14 heavy (non-hydrogen) atoms. The van der Waals surface area contributed by atoms with Crippen molar-refractivity contribution in [2.75, 3.05) is 0 Å². The SMILES string of the molecule is [C-]#[N+]C(C#N)=C1C=C(C)OC(C)(C)C1. The molecule has 0 spiro atoms. The Hall–Kier alpha value is -1.74. The first kappa shape index (κ1) is 10.3. The van der Waals surface area contributed by atoms with E-state index in [9.17, 15) is 0 Å². The Morgan fingerprint density at radius 1 is 1.71 bits per heavy atom. The van der Waals surface area contributed by atoms with Crippen molar-refractivity contribution < 1.29 is 4.74 Å². The van der Waals surface area contributed by atoms with Crippen molar-refractivity contribution in [3.8, 4) is 6.07 Å². The van der Waals surface area contributed by atoms with Gasteiger partial charge in [0.2, 0.25) is 0 Å². The zero-order chi connectivity index (χ0) is 10.8. The van der Waals surface area contributed by atoms with E-state index < -0.39 is 0 Å². The molecule has 3 heteroatoms. The van der Waals surface area contributed by atoms with Gasteiger partial charge in [-0.15, -0.1) is 0 Å². The van der Waals surface area contributed by atoms with Gasteiger partial charge in [-0.25, -0.2) is 10.1 Å². The first-order valence-corrected chi connectivity index (χ1v) is 4.36. The fourth-order valence-electron chi connectivity index (χ4n) is 1.58. The summed E-state index contributed by atoms with van der Waals surface area (Å²) in [6.45, 7) is 12.6. The molecule has 0 atom stereocenters. The second kappa shape index (κ2) is 3.55. The van der Waals surface area contributed by atoms with Gasteiger partial charge in [-0.2, -0.15) is 0 Å². The maximum absolute atomic E-state index is 8.74. The molecule has 1 rings (SSSR count). The van der Waals surface area contributed by atoms with Crippen LogP contribution in [0.2, 0.25) is 0 Å². The highest BCUT2D eigenvalue weighted by Gasteiger charge is 2.26. The summed E-state index contributed by atoms with van der Waals surface area (Å²) in [6, 6.07) is 1.91. The molecule has 0 saturated heterocycles. The van der Waals surface area contributed by atoms with Crippen LogP contribution in [0, 0.1) is 17.9 Å². The molecule has 0 aliphatic carbocycles. The number of nitriles is 1. The van der Waals surface area contributed by atoms with E-state index in [-0.39, 0.29) is 11.3 Å². The van der Waals surface area contributed by atoms with Gasteiger partial charge in [-0.3, -0.25) is 0 Å². The second-order valence-electron chi connectivity index (χ2n) is 3.89. The maximum atomic E-state index is 8.74. The van der Waals surface area contributed by atoms with Crippen molar-refractivity contribution >= 4 is 0 Å².